The summed E-state index contributed by atoms with van der Waals surface area (Å²) in [7, 11) is 0. The number of rotatable bonds is 4. The minimum Gasteiger partial charge on any atom is -0.487 e. The lowest BCUT2D eigenvalue weighted by molar-refractivity contribution is -0.130. The van der Waals surface area contributed by atoms with E-state index in [0.29, 0.717) is 58.5 Å². The van der Waals surface area contributed by atoms with Gasteiger partial charge in [0.25, 0.3) is 0 Å². The van der Waals surface area contributed by atoms with Crippen LogP contribution in [-0.4, -0.2) is 70.4 Å². The normalized spacial score (nSPS) is 18.2. The van der Waals surface area contributed by atoms with Crippen LogP contribution in [0.3, 0.4) is 0 Å². The Morgan fingerprint density at radius 1 is 0.972 bits per heavy atom. The molecule has 5 rings (SSSR count). The first-order valence-corrected chi connectivity index (χ1v) is 12.3. The molecule has 36 heavy (non-hydrogen) atoms. The first-order chi connectivity index (χ1) is 17.3. The molecule has 10 heteroatoms. The predicted octanol–water partition coefficient (Wildman–Crippen LogP) is 2.95. The van der Waals surface area contributed by atoms with E-state index in [1.807, 2.05) is 6.08 Å². The van der Waals surface area contributed by atoms with Gasteiger partial charge in [0.05, 0.1) is 17.9 Å². The van der Waals surface area contributed by atoms with Crippen molar-refractivity contribution in [2.24, 2.45) is 0 Å². The van der Waals surface area contributed by atoms with Gasteiger partial charge < -0.3 is 19.4 Å². The standard InChI is InChI=1S/C26H29F2N5O3/c1-16(34)32-9-5-18(14-32)25-26(30-22-8-12-33(17(2)35)15-23(22)29-25)31-10-6-20(7-11-31)36-24-4-3-19(27)13-21(24)28/h3-5,13,20H,6-12,14-15H2,1-2H3. The molecular formula is C26H29F2N5O3. The van der Waals surface area contributed by atoms with Crippen molar-refractivity contribution >= 4 is 23.2 Å². The SMILES string of the molecule is CC(=O)N1CC=C(c2nc3c(nc2N2CCC(Oc4ccc(F)cc4F)CC2)CCN(C(C)=O)C3)C1. The van der Waals surface area contributed by atoms with E-state index >= 15 is 0 Å². The van der Waals surface area contributed by atoms with Crippen molar-refractivity contribution in [1.82, 2.24) is 19.8 Å². The number of aromatic nitrogens is 2. The van der Waals surface area contributed by atoms with Crippen molar-refractivity contribution in [1.29, 1.82) is 0 Å². The van der Waals surface area contributed by atoms with Crippen LogP contribution in [0, 0.1) is 11.6 Å². The van der Waals surface area contributed by atoms with E-state index in [-0.39, 0.29) is 23.7 Å². The summed E-state index contributed by atoms with van der Waals surface area (Å²) in [5, 5.41) is 0. The zero-order chi connectivity index (χ0) is 25.4. The van der Waals surface area contributed by atoms with Crippen LogP contribution in [-0.2, 0) is 22.6 Å². The van der Waals surface area contributed by atoms with E-state index in [0.717, 1.165) is 34.5 Å². The van der Waals surface area contributed by atoms with Gasteiger partial charge >= 0.3 is 0 Å². The summed E-state index contributed by atoms with van der Waals surface area (Å²) in [6.45, 7) is 6.41. The highest BCUT2D eigenvalue weighted by Crippen LogP contribution is 2.32. The number of hydrogen-bond donors (Lipinski definition) is 0. The molecule has 1 aromatic carbocycles. The average molecular weight is 498 g/mol. The molecule has 0 bridgehead atoms. The number of ether oxygens (including phenoxy) is 1. The minimum absolute atomic E-state index is 0.00228. The second-order valence-corrected chi connectivity index (χ2v) is 9.49. The van der Waals surface area contributed by atoms with E-state index in [1.54, 1.807) is 23.6 Å². The van der Waals surface area contributed by atoms with E-state index < -0.39 is 11.6 Å². The molecule has 2 aromatic rings. The van der Waals surface area contributed by atoms with Crippen molar-refractivity contribution in [2.75, 3.05) is 37.6 Å². The maximum absolute atomic E-state index is 14.0. The molecule has 4 heterocycles. The Kier molecular flexibility index (Phi) is 6.59. The van der Waals surface area contributed by atoms with Crippen molar-refractivity contribution in [3.05, 3.63) is 53.0 Å². The molecule has 0 radical (unpaired) electrons. The van der Waals surface area contributed by atoms with E-state index in [2.05, 4.69) is 4.90 Å². The van der Waals surface area contributed by atoms with Crippen molar-refractivity contribution in [2.45, 2.75) is 45.8 Å². The van der Waals surface area contributed by atoms with Crippen LogP contribution in [0.25, 0.3) is 5.57 Å². The summed E-state index contributed by atoms with van der Waals surface area (Å²) in [5.74, 6) is -0.502. The van der Waals surface area contributed by atoms with Crippen LogP contribution in [0.4, 0.5) is 14.6 Å². The molecule has 0 unspecified atom stereocenters. The molecule has 1 aromatic heterocycles. The third kappa shape index (κ3) is 4.89. The smallest absolute Gasteiger partial charge is 0.220 e. The molecule has 0 N–H and O–H groups in total. The third-order valence-electron chi connectivity index (χ3n) is 7.03. The third-order valence-corrected chi connectivity index (χ3v) is 7.03. The quantitative estimate of drug-likeness (QED) is 0.647. The highest BCUT2D eigenvalue weighted by molar-refractivity contribution is 5.82. The number of fused-ring (bicyclic) bond motifs is 1. The Morgan fingerprint density at radius 3 is 2.39 bits per heavy atom. The number of piperidine rings is 1. The Labute approximate surface area is 208 Å². The molecule has 3 aliphatic rings. The van der Waals surface area contributed by atoms with Gasteiger partial charge in [-0.1, -0.05) is 6.08 Å². The van der Waals surface area contributed by atoms with Crippen LogP contribution in [0.15, 0.2) is 24.3 Å². The van der Waals surface area contributed by atoms with Crippen molar-refractivity contribution < 1.29 is 23.1 Å². The molecule has 0 spiro atoms. The Hall–Kier alpha value is -3.56. The summed E-state index contributed by atoms with van der Waals surface area (Å²) in [6, 6.07) is 3.34. The molecular weight excluding hydrogens is 468 g/mol. The maximum Gasteiger partial charge on any atom is 0.220 e. The lowest BCUT2D eigenvalue weighted by Gasteiger charge is -2.35. The molecule has 0 aliphatic carbocycles. The van der Waals surface area contributed by atoms with Gasteiger partial charge in [0.15, 0.2) is 17.4 Å². The van der Waals surface area contributed by atoms with Crippen LogP contribution in [0.5, 0.6) is 5.75 Å². The van der Waals surface area contributed by atoms with Crippen LogP contribution in [0.2, 0.25) is 0 Å². The summed E-state index contributed by atoms with van der Waals surface area (Å²) >= 11 is 0. The zero-order valence-electron chi connectivity index (χ0n) is 20.5. The molecule has 0 atom stereocenters. The molecule has 1 saturated heterocycles. The predicted molar refractivity (Wildman–Crippen MR) is 129 cm³/mol. The zero-order valence-corrected chi connectivity index (χ0v) is 20.5. The van der Waals surface area contributed by atoms with Gasteiger partial charge in [0, 0.05) is 71.9 Å². The first-order valence-electron chi connectivity index (χ1n) is 12.3. The van der Waals surface area contributed by atoms with Crippen LogP contribution in [0.1, 0.15) is 43.8 Å². The fourth-order valence-corrected chi connectivity index (χ4v) is 4.93. The molecule has 3 aliphatic heterocycles. The topological polar surface area (TPSA) is 78.9 Å². The fraction of sp³-hybridized carbons (Fsp3) is 0.462. The van der Waals surface area contributed by atoms with Gasteiger partial charge in [-0.3, -0.25) is 9.59 Å². The van der Waals surface area contributed by atoms with Gasteiger partial charge in [-0.2, -0.15) is 0 Å². The van der Waals surface area contributed by atoms with Crippen molar-refractivity contribution in [3.8, 4) is 5.75 Å². The van der Waals surface area contributed by atoms with Gasteiger partial charge in [-0.05, 0) is 17.7 Å². The lowest BCUT2D eigenvalue weighted by atomic mass is 10.0. The van der Waals surface area contributed by atoms with E-state index in [9.17, 15) is 18.4 Å². The summed E-state index contributed by atoms with van der Waals surface area (Å²) in [4.78, 5) is 39.6. The average Bonchev–Trinajstić information content (AvgIpc) is 3.36. The molecule has 0 saturated carbocycles. The maximum atomic E-state index is 14.0. The fourth-order valence-electron chi connectivity index (χ4n) is 4.93. The number of benzene rings is 1. The number of nitrogens with zero attached hydrogens (tertiary/aromatic N) is 5. The monoisotopic (exact) mass is 497 g/mol. The number of hydrogen-bond acceptors (Lipinski definition) is 6. The van der Waals surface area contributed by atoms with Gasteiger partial charge in [-0.15, -0.1) is 0 Å². The summed E-state index contributed by atoms with van der Waals surface area (Å²) in [5.41, 5.74) is 3.37. The second-order valence-electron chi connectivity index (χ2n) is 9.49. The van der Waals surface area contributed by atoms with Gasteiger partial charge in [0.2, 0.25) is 11.8 Å². The summed E-state index contributed by atoms with van der Waals surface area (Å²) < 4.78 is 33.1. The second kappa shape index (κ2) is 9.83. The molecule has 8 nitrogen and oxygen atoms in total. The molecule has 190 valence electrons. The van der Waals surface area contributed by atoms with Crippen LogP contribution < -0.4 is 9.64 Å². The number of carbonyl (C=O) groups is 2. The highest BCUT2D eigenvalue weighted by atomic mass is 19.1. The van der Waals surface area contributed by atoms with E-state index in [4.69, 9.17) is 14.7 Å². The Bertz CT molecular complexity index is 1230. The molecule has 2 amide bonds. The number of anilines is 1. The van der Waals surface area contributed by atoms with Gasteiger partial charge in [0.1, 0.15) is 17.6 Å². The first kappa shape index (κ1) is 24.1. The number of amides is 2. The summed E-state index contributed by atoms with van der Waals surface area (Å²) in [6.07, 6.45) is 3.74. The largest absolute Gasteiger partial charge is 0.487 e. The Balaban J connectivity index is 1.37. The Morgan fingerprint density at radius 2 is 1.72 bits per heavy atom. The van der Waals surface area contributed by atoms with Gasteiger partial charge in [-0.25, -0.2) is 18.7 Å². The molecule has 1 fully saturated rings. The number of halogens is 2. The highest BCUT2D eigenvalue weighted by Gasteiger charge is 2.30. The minimum atomic E-state index is -0.705. The van der Waals surface area contributed by atoms with Crippen LogP contribution >= 0.6 is 0 Å². The van der Waals surface area contributed by atoms with Crippen molar-refractivity contribution in [3.63, 3.8) is 0 Å². The lowest BCUT2D eigenvalue weighted by Crippen LogP contribution is -2.40. The van der Waals surface area contributed by atoms with E-state index in [1.165, 1.54) is 12.1 Å². The number of carbonyl (C=O) groups excluding carboxylic acids is 2.